The van der Waals surface area contributed by atoms with Crippen molar-refractivity contribution in [2.24, 2.45) is 11.8 Å². The van der Waals surface area contributed by atoms with Crippen molar-refractivity contribution in [1.82, 2.24) is 0 Å². The summed E-state index contributed by atoms with van der Waals surface area (Å²) in [6, 6.07) is 0. The van der Waals surface area contributed by atoms with Crippen LogP contribution in [0.15, 0.2) is 23.7 Å². The maximum absolute atomic E-state index is 5.99. The standard InChI is InChI=1S/C16H27BO2/c1-12-9-13(2)11-14(10-12)7-8-17-18-15(3,4)16(5,6)19-17/h7-9,12,14H,10-11H2,1-6H3/b8-7+. The lowest BCUT2D eigenvalue weighted by Gasteiger charge is -2.32. The highest BCUT2D eigenvalue weighted by atomic mass is 16.7. The van der Waals surface area contributed by atoms with E-state index in [2.05, 4.69) is 59.7 Å². The second-order valence-corrected chi connectivity index (χ2v) is 7.20. The summed E-state index contributed by atoms with van der Waals surface area (Å²) in [6.45, 7) is 12.9. The molecule has 1 heterocycles. The van der Waals surface area contributed by atoms with E-state index in [1.807, 2.05) is 0 Å². The normalized spacial score (nSPS) is 33.8. The first-order valence-corrected chi connectivity index (χ1v) is 7.41. The van der Waals surface area contributed by atoms with Crippen molar-refractivity contribution in [3.8, 4) is 0 Å². The first-order chi connectivity index (χ1) is 8.69. The molecule has 0 aromatic carbocycles. The van der Waals surface area contributed by atoms with Gasteiger partial charge in [0, 0.05) is 0 Å². The molecule has 0 amide bonds. The summed E-state index contributed by atoms with van der Waals surface area (Å²) in [5.74, 6) is 3.41. The zero-order valence-corrected chi connectivity index (χ0v) is 13.2. The average Bonchev–Trinajstić information content (AvgIpc) is 2.43. The van der Waals surface area contributed by atoms with Crippen molar-refractivity contribution in [2.45, 2.75) is 65.6 Å². The van der Waals surface area contributed by atoms with Crippen LogP contribution in [-0.4, -0.2) is 18.3 Å². The van der Waals surface area contributed by atoms with Gasteiger partial charge in [0.1, 0.15) is 0 Å². The molecule has 0 spiro atoms. The topological polar surface area (TPSA) is 18.5 Å². The Morgan fingerprint density at radius 2 is 1.79 bits per heavy atom. The number of allylic oxidation sites excluding steroid dienone is 3. The van der Waals surface area contributed by atoms with E-state index in [-0.39, 0.29) is 18.3 Å². The van der Waals surface area contributed by atoms with Crippen molar-refractivity contribution < 1.29 is 9.31 Å². The molecule has 1 saturated heterocycles. The molecule has 3 heteroatoms. The zero-order chi connectivity index (χ0) is 14.3. The van der Waals surface area contributed by atoms with Gasteiger partial charge in [-0.2, -0.15) is 0 Å². The van der Waals surface area contributed by atoms with E-state index < -0.39 is 0 Å². The Hall–Kier alpha value is -0.535. The van der Waals surface area contributed by atoms with E-state index in [0.29, 0.717) is 11.8 Å². The Balaban J connectivity index is 1.96. The highest BCUT2D eigenvalue weighted by molar-refractivity contribution is 6.51. The molecule has 0 aromatic heterocycles. The van der Waals surface area contributed by atoms with E-state index in [4.69, 9.17) is 9.31 Å². The van der Waals surface area contributed by atoms with Crippen LogP contribution in [-0.2, 0) is 9.31 Å². The number of rotatable bonds is 2. The summed E-state index contributed by atoms with van der Waals surface area (Å²) in [4.78, 5) is 0. The summed E-state index contributed by atoms with van der Waals surface area (Å²) in [5.41, 5.74) is 1.03. The van der Waals surface area contributed by atoms with Crippen LogP contribution in [0.1, 0.15) is 54.4 Å². The van der Waals surface area contributed by atoms with Crippen molar-refractivity contribution in [3.63, 3.8) is 0 Å². The van der Waals surface area contributed by atoms with Crippen molar-refractivity contribution >= 4 is 7.12 Å². The molecule has 2 nitrogen and oxygen atoms in total. The predicted molar refractivity (Wildman–Crippen MR) is 80.9 cm³/mol. The van der Waals surface area contributed by atoms with E-state index in [9.17, 15) is 0 Å². The second-order valence-electron chi connectivity index (χ2n) is 7.20. The fourth-order valence-corrected chi connectivity index (χ4v) is 2.96. The molecule has 2 aliphatic rings. The highest BCUT2D eigenvalue weighted by Gasteiger charge is 2.50. The minimum Gasteiger partial charge on any atom is -0.400 e. The van der Waals surface area contributed by atoms with E-state index in [1.165, 1.54) is 18.4 Å². The van der Waals surface area contributed by atoms with Gasteiger partial charge in [-0.05, 0) is 59.3 Å². The molecule has 2 rings (SSSR count). The second kappa shape index (κ2) is 5.10. The van der Waals surface area contributed by atoms with Gasteiger partial charge in [0.2, 0.25) is 0 Å². The zero-order valence-electron chi connectivity index (χ0n) is 13.2. The fourth-order valence-electron chi connectivity index (χ4n) is 2.96. The lowest BCUT2D eigenvalue weighted by atomic mass is 9.80. The molecular weight excluding hydrogens is 235 g/mol. The van der Waals surface area contributed by atoms with Crippen LogP contribution < -0.4 is 0 Å². The largest absolute Gasteiger partial charge is 0.486 e. The summed E-state index contributed by atoms with van der Waals surface area (Å²) in [7, 11) is -0.202. The molecule has 0 aromatic rings. The third kappa shape index (κ3) is 3.32. The van der Waals surface area contributed by atoms with Crippen LogP contribution in [0, 0.1) is 11.8 Å². The van der Waals surface area contributed by atoms with Crippen LogP contribution in [0.5, 0.6) is 0 Å². The number of hydrogen-bond donors (Lipinski definition) is 0. The predicted octanol–water partition coefficient (Wildman–Crippen LogP) is 4.17. The molecular formula is C16H27BO2. The molecule has 19 heavy (non-hydrogen) atoms. The molecule has 0 saturated carbocycles. The fraction of sp³-hybridized carbons (Fsp3) is 0.750. The Labute approximate surface area is 118 Å². The molecule has 1 fully saturated rings. The molecule has 1 aliphatic heterocycles. The van der Waals surface area contributed by atoms with Gasteiger partial charge in [-0.15, -0.1) is 0 Å². The third-order valence-electron chi connectivity index (χ3n) is 4.64. The quantitative estimate of drug-likeness (QED) is 0.549. The monoisotopic (exact) mass is 262 g/mol. The Morgan fingerprint density at radius 1 is 1.21 bits per heavy atom. The summed E-state index contributed by atoms with van der Waals surface area (Å²) in [5, 5.41) is 0. The molecule has 2 unspecified atom stereocenters. The summed E-state index contributed by atoms with van der Waals surface area (Å²) in [6.07, 6.45) is 7.07. The van der Waals surface area contributed by atoms with Gasteiger partial charge in [-0.25, -0.2) is 0 Å². The van der Waals surface area contributed by atoms with Crippen LogP contribution in [0.25, 0.3) is 0 Å². The minimum atomic E-state index is -0.238. The van der Waals surface area contributed by atoms with Gasteiger partial charge in [-0.3, -0.25) is 0 Å². The SMILES string of the molecule is CC1=CC(C)CC(/C=C/B2OC(C)(C)C(C)(C)O2)C1. The van der Waals surface area contributed by atoms with Gasteiger partial charge < -0.3 is 9.31 Å². The van der Waals surface area contributed by atoms with Crippen molar-refractivity contribution in [1.29, 1.82) is 0 Å². The lowest BCUT2D eigenvalue weighted by molar-refractivity contribution is 0.00578. The first kappa shape index (κ1) is 14.9. The van der Waals surface area contributed by atoms with Crippen molar-refractivity contribution in [3.05, 3.63) is 23.7 Å². The smallest absolute Gasteiger partial charge is 0.400 e. The van der Waals surface area contributed by atoms with Crippen LogP contribution >= 0.6 is 0 Å². The highest BCUT2D eigenvalue weighted by Crippen LogP contribution is 2.37. The molecule has 0 radical (unpaired) electrons. The van der Waals surface area contributed by atoms with Gasteiger partial charge in [0.25, 0.3) is 0 Å². The van der Waals surface area contributed by atoms with E-state index >= 15 is 0 Å². The van der Waals surface area contributed by atoms with Crippen LogP contribution in [0.3, 0.4) is 0 Å². The third-order valence-corrected chi connectivity index (χ3v) is 4.64. The Kier molecular flexibility index (Phi) is 3.99. The maximum atomic E-state index is 5.99. The van der Waals surface area contributed by atoms with E-state index in [0.717, 1.165) is 0 Å². The van der Waals surface area contributed by atoms with Gasteiger partial charge in [-0.1, -0.05) is 30.6 Å². The Morgan fingerprint density at radius 3 is 2.32 bits per heavy atom. The molecule has 2 atom stereocenters. The van der Waals surface area contributed by atoms with E-state index in [1.54, 1.807) is 0 Å². The molecule has 0 bridgehead atoms. The van der Waals surface area contributed by atoms with Crippen molar-refractivity contribution in [2.75, 3.05) is 0 Å². The Bertz CT molecular complexity index is 380. The molecule has 0 N–H and O–H groups in total. The van der Waals surface area contributed by atoms with Gasteiger partial charge >= 0.3 is 7.12 Å². The lowest BCUT2D eigenvalue weighted by Crippen LogP contribution is -2.41. The molecule has 106 valence electrons. The number of hydrogen-bond acceptors (Lipinski definition) is 2. The van der Waals surface area contributed by atoms with Crippen LogP contribution in [0.2, 0.25) is 0 Å². The van der Waals surface area contributed by atoms with Gasteiger partial charge in [0.05, 0.1) is 11.2 Å². The average molecular weight is 262 g/mol. The van der Waals surface area contributed by atoms with Crippen LogP contribution in [0.4, 0.5) is 0 Å². The summed E-state index contributed by atoms with van der Waals surface area (Å²) < 4.78 is 12.0. The summed E-state index contributed by atoms with van der Waals surface area (Å²) >= 11 is 0. The first-order valence-electron chi connectivity index (χ1n) is 7.41. The maximum Gasteiger partial charge on any atom is 0.486 e. The van der Waals surface area contributed by atoms with Gasteiger partial charge in [0.15, 0.2) is 0 Å². The molecule has 1 aliphatic carbocycles. The minimum absolute atomic E-state index is 0.202.